The molecule has 0 N–H and O–H groups in total. The van der Waals surface area contributed by atoms with Crippen LogP contribution in [0.4, 0.5) is 0 Å². The van der Waals surface area contributed by atoms with Crippen molar-refractivity contribution >= 4 is 27.3 Å². The van der Waals surface area contributed by atoms with E-state index in [2.05, 4.69) is 78.1 Å². The molecule has 2 aliphatic heterocycles. The highest BCUT2D eigenvalue weighted by Crippen LogP contribution is 2.54. The first-order valence-corrected chi connectivity index (χ1v) is 9.39. The molecule has 7 rings (SSSR count). The number of rotatable bonds is 0. The van der Waals surface area contributed by atoms with Gasteiger partial charge in [-0.2, -0.15) is 0 Å². The molecule has 0 aliphatic carbocycles. The minimum absolute atomic E-state index is 0.0276. The highest BCUT2D eigenvalue weighted by Gasteiger charge is 2.46. The molecule has 27 heavy (non-hydrogen) atoms. The van der Waals surface area contributed by atoms with E-state index in [1.165, 1.54) is 44.1 Å². The van der Waals surface area contributed by atoms with Crippen LogP contribution in [-0.4, -0.2) is 9.38 Å². The molecule has 2 aliphatic rings. The van der Waals surface area contributed by atoms with Gasteiger partial charge < -0.3 is 4.74 Å². The molecule has 2 aromatic heterocycles. The van der Waals surface area contributed by atoms with Crippen molar-refractivity contribution in [3.8, 4) is 0 Å². The molecular formula is C24H16N2O. The number of pyridine rings is 1. The number of nitrogens with zero attached hydrogens (tertiary/aromatic N) is 2. The molecule has 0 fully saturated rings. The number of fused-ring (bicyclic) bond motifs is 15. The average molecular weight is 348 g/mol. The van der Waals surface area contributed by atoms with Crippen LogP contribution in [0.1, 0.15) is 40.3 Å². The van der Waals surface area contributed by atoms with E-state index in [1.54, 1.807) is 0 Å². The lowest BCUT2D eigenvalue weighted by atomic mass is 9.92. The summed E-state index contributed by atoms with van der Waals surface area (Å²) in [6.45, 7) is 2.19. The van der Waals surface area contributed by atoms with Crippen molar-refractivity contribution in [2.24, 2.45) is 0 Å². The third-order valence-electron chi connectivity index (χ3n) is 6.19. The Morgan fingerprint density at radius 3 is 2.33 bits per heavy atom. The third kappa shape index (κ3) is 1.52. The molecule has 128 valence electrons. The van der Waals surface area contributed by atoms with E-state index < -0.39 is 0 Å². The Morgan fingerprint density at radius 1 is 0.778 bits per heavy atom. The minimum Gasteiger partial charge on any atom is -0.353 e. The summed E-state index contributed by atoms with van der Waals surface area (Å²) in [5.41, 5.74) is 8.39. The fraction of sp³-hybridized carbons (Fsp3) is 0.125. The topological polar surface area (TPSA) is 26.5 Å². The minimum atomic E-state index is -0.0427. The Hall–Kier alpha value is -3.17. The van der Waals surface area contributed by atoms with Crippen molar-refractivity contribution in [3.63, 3.8) is 0 Å². The van der Waals surface area contributed by atoms with Crippen LogP contribution in [0.2, 0.25) is 0 Å². The molecule has 5 aromatic rings. The van der Waals surface area contributed by atoms with Crippen LogP contribution in [0.15, 0.2) is 66.7 Å². The zero-order valence-corrected chi connectivity index (χ0v) is 14.8. The Bertz CT molecular complexity index is 1430. The third-order valence-corrected chi connectivity index (χ3v) is 6.19. The summed E-state index contributed by atoms with van der Waals surface area (Å²) >= 11 is 0. The molecule has 2 bridgehead atoms. The summed E-state index contributed by atoms with van der Waals surface area (Å²) in [5, 5.41) is 3.74. The number of aryl methyl sites for hydroxylation is 1. The van der Waals surface area contributed by atoms with Gasteiger partial charge in [-0.25, -0.2) is 4.98 Å². The van der Waals surface area contributed by atoms with Gasteiger partial charge in [-0.1, -0.05) is 66.7 Å². The first-order valence-electron chi connectivity index (χ1n) is 9.39. The summed E-state index contributed by atoms with van der Waals surface area (Å²) < 4.78 is 8.74. The molecule has 3 nitrogen and oxygen atoms in total. The number of hydrogen-bond donors (Lipinski definition) is 0. The zero-order valence-electron chi connectivity index (χ0n) is 14.8. The number of ether oxygens (including phenoxy) is 1. The lowest BCUT2D eigenvalue weighted by Gasteiger charge is -2.15. The van der Waals surface area contributed by atoms with E-state index in [0.717, 1.165) is 11.3 Å². The van der Waals surface area contributed by atoms with E-state index in [4.69, 9.17) is 9.72 Å². The van der Waals surface area contributed by atoms with Gasteiger partial charge in [0.2, 0.25) is 0 Å². The second-order valence-corrected chi connectivity index (χ2v) is 7.58. The fourth-order valence-electron chi connectivity index (χ4n) is 5.08. The SMILES string of the molecule is Cc1cccc2c3ccccc3c3nc4c(n3c12)C1OC4c2ccccc21. The molecule has 2 unspecified atom stereocenters. The standard InChI is InChI=1S/C24H16N2O/c1-13-7-6-12-15-14-8-2-5-11-18(14)24-25-19-21(26(24)20(13)15)23-17-10-4-3-9-16(17)22(19)27-23/h2-12,22-23H,1H3. The lowest BCUT2D eigenvalue weighted by Crippen LogP contribution is -2.05. The van der Waals surface area contributed by atoms with Gasteiger partial charge in [0, 0.05) is 10.8 Å². The molecule has 0 amide bonds. The molecule has 2 atom stereocenters. The average Bonchev–Trinajstić information content (AvgIpc) is 3.37. The van der Waals surface area contributed by atoms with Crippen LogP contribution < -0.4 is 0 Å². The van der Waals surface area contributed by atoms with Gasteiger partial charge in [-0.3, -0.25) is 4.40 Å². The summed E-state index contributed by atoms with van der Waals surface area (Å²) in [7, 11) is 0. The molecule has 0 radical (unpaired) electrons. The van der Waals surface area contributed by atoms with Gasteiger partial charge in [-0.15, -0.1) is 0 Å². The van der Waals surface area contributed by atoms with Gasteiger partial charge in [0.25, 0.3) is 0 Å². The summed E-state index contributed by atoms with van der Waals surface area (Å²) in [6, 6.07) is 23.7. The van der Waals surface area contributed by atoms with Crippen molar-refractivity contribution in [2.75, 3.05) is 0 Å². The van der Waals surface area contributed by atoms with Crippen LogP contribution in [0, 0.1) is 6.92 Å². The fourth-order valence-corrected chi connectivity index (χ4v) is 5.08. The quantitative estimate of drug-likeness (QED) is 0.347. The summed E-state index contributed by atoms with van der Waals surface area (Å²) in [5.74, 6) is 0. The largest absolute Gasteiger partial charge is 0.353 e. The van der Waals surface area contributed by atoms with Crippen molar-refractivity contribution in [1.29, 1.82) is 0 Å². The molecule has 0 saturated carbocycles. The van der Waals surface area contributed by atoms with E-state index in [9.17, 15) is 0 Å². The summed E-state index contributed by atoms with van der Waals surface area (Å²) in [4.78, 5) is 5.13. The molecule has 3 aromatic carbocycles. The normalized spacial score (nSPS) is 19.9. The monoisotopic (exact) mass is 348 g/mol. The molecule has 4 heterocycles. The second kappa shape index (κ2) is 4.56. The smallest absolute Gasteiger partial charge is 0.145 e. The zero-order chi connectivity index (χ0) is 17.7. The highest BCUT2D eigenvalue weighted by atomic mass is 16.5. The van der Waals surface area contributed by atoms with E-state index in [-0.39, 0.29) is 12.2 Å². The maximum atomic E-state index is 6.38. The van der Waals surface area contributed by atoms with Crippen LogP contribution >= 0.6 is 0 Å². The van der Waals surface area contributed by atoms with Crippen LogP contribution in [-0.2, 0) is 4.74 Å². The molecule has 3 heteroatoms. The first-order chi connectivity index (χ1) is 13.3. The van der Waals surface area contributed by atoms with E-state index >= 15 is 0 Å². The predicted octanol–water partition coefficient (Wildman–Crippen LogP) is 5.47. The van der Waals surface area contributed by atoms with Gasteiger partial charge in [0.1, 0.15) is 17.9 Å². The van der Waals surface area contributed by atoms with Crippen molar-refractivity contribution in [3.05, 3.63) is 94.8 Å². The number of para-hydroxylation sites is 1. The Kier molecular flexibility index (Phi) is 2.36. The predicted molar refractivity (Wildman–Crippen MR) is 106 cm³/mol. The molecule has 0 saturated heterocycles. The molecule has 0 spiro atoms. The highest BCUT2D eigenvalue weighted by molar-refractivity contribution is 6.12. The van der Waals surface area contributed by atoms with Crippen LogP contribution in [0.25, 0.3) is 27.3 Å². The Labute approximate surface area is 155 Å². The Balaban J connectivity index is 1.74. The maximum Gasteiger partial charge on any atom is 0.145 e. The second-order valence-electron chi connectivity index (χ2n) is 7.58. The lowest BCUT2D eigenvalue weighted by molar-refractivity contribution is 0.0821. The number of hydrogen-bond acceptors (Lipinski definition) is 2. The number of benzene rings is 3. The van der Waals surface area contributed by atoms with Gasteiger partial charge >= 0.3 is 0 Å². The summed E-state index contributed by atoms with van der Waals surface area (Å²) in [6.07, 6.45) is -0.0703. The van der Waals surface area contributed by atoms with Crippen molar-refractivity contribution < 1.29 is 4.74 Å². The van der Waals surface area contributed by atoms with Gasteiger partial charge in [-0.05, 0) is 29.0 Å². The van der Waals surface area contributed by atoms with Crippen LogP contribution in [0.5, 0.6) is 0 Å². The first kappa shape index (κ1) is 14.0. The van der Waals surface area contributed by atoms with Gasteiger partial charge in [0.05, 0.1) is 16.9 Å². The Morgan fingerprint density at radius 2 is 1.48 bits per heavy atom. The van der Waals surface area contributed by atoms with Gasteiger partial charge in [0.15, 0.2) is 0 Å². The van der Waals surface area contributed by atoms with E-state index in [0.29, 0.717) is 0 Å². The number of aromatic nitrogens is 2. The molecular weight excluding hydrogens is 332 g/mol. The van der Waals surface area contributed by atoms with Crippen molar-refractivity contribution in [1.82, 2.24) is 9.38 Å². The maximum absolute atomic E-state index is 6.38. The number of imidazole rings is 1. The van der Waals surface area contributed by atoms with Crippen LogP contribution in [0.3, 0.4) is 0 Å². The van der Waals surface area contributed by atoms with E-state index in [1.807, 2.05) is 0 Å². The van der Waals surface area contributed by atoms with Crippen molar-refractivity contribution in [2.45, 2.75) is 19.1 Å².